The minimum atomic E-state index is -4.23. The van der Waals surface area contributed by atoms with Gasteiger partial charge in [-0.3, -0.25) is 9.09 Å². The number of alkyl halides is 2. The molecule has 8 radical (unpaired) electrons. The second kappa shape index (κ2) is 26.4. The standard InChI is InChI=1S/C17H30B2FO7PS.C9H18BO6P.C8H14BFO3/c1-9(2)23-7-12-16(15(20)17(19)26-12)27-28(21,22-5)29-8-13-11(24-10(3)4)6-14(18)25-13;1-6(2)15-7-4-9(10)16-8(7)5-14-17(11,12)13-3;1-4(2)12-3-5-7(11)6(10)8(9)13-5/h9-17H,6-8H2,1-5H3;6-9H,4-5H2,1-3H3,(H,11,12);4-8,11H,3H2,1-2H3/p-1/t11-,12-,13-,14-,15?,16+,17-,28?;7-,8-,9-;5-,6?,7+,8-/m111/s1. The number of hydrogen-bond acceptors (Lipinski definition) is 17. The van der Waals surface area contributed by atoms with Gasteiger partial charge in [-0.05, 0) is 79.6 Å². The zero-order valence-corrected chi connectivity index (χ0v) is 38.2. The quantitative estimate of drug-likeness (QED) is 0.139. The van der Waals surface area contributed by atoms with Gasteiger partial charge in [-0.25, -0.2) is 13.3 Å². The first-order chi connectivity index (χ1) is 27.4. The van der Waals surface area contributed by atoms with Gasteiger partial charge in [0.1, 0.15) is 74.2 Å². The van der Waals surface area contributed by atoms with Crippen LogP contribution in [-0.2, 0) is 65.1 Å². The van der Waals surface area contributed by atoms with Crippen molar-refractivity contribution in [3.63, 3.8) is 0 Å². The van der Waals surface area contributed by atoms with Crippen molar-refractivity contribution in [1.29, 1.82) is 0 Å². The maximum Gasteiger partial charge on any atom is 0.389 e. The second-order valence-electron chi connectivity index (χ2n) is 15.2. The van der Waals surface area contributed by atoms with Gasteiger partial charge in [-0.1, -0.05) is 0 Å². The van der Waals surface area contributed by atoms with E-state index in [1.54, 1.807) is 0 Å². The van der Waals surface area contributed by atoms with Crippen LogP contribution in [0.2, 0.25) is 0 Å². The van der Waals surface area contributed by atoms with Gasteiger partial charge in [-0.15, -0.1) is 0 Å². The molecule has 4 unspecified atom stereocenters. The Morgan fingerprint density at radius 3 is 1.63 bits per heavy atom. The van der Waals surface area contributed by atoms with Gasteiger partial charge in [-0.2, -0.15) is 0 Å². The second-order valence-corrected chi connectivity index (χ2v) is 20.9. The van der Waals surface area contributed by atoms with Crippen molar-refractivity contribution in [2.24, 2.45) is 0 Å². The molecule has 1 N–H and O–H groups in total. The Bertz CT molecular complexity index is 1290. The molecule has 0 saturated carbocycles. The Morgan fingerprint density at radius 1 is 0.695 bits per heavy atom. The first-order valence-corrected chi connectivity index (χ1v) is 24.1. The van der Waals surface area contributed by atoms with E-state index >= 15 is 0 Å². The van der Waals surface area contributed by atoms with E-state index in [0.29, 0.717) is 12.8 Å². The average Bonchev–Trinajstić information content (AvgIpc) is 3.84. The summed E-state index contributed by atoms with van der Waals surface area (Å²) >= 11 is 0.917. The smallest absolute Gasteiger partial charge is 0.389 e. The Hall–Kier alpha value is 0.370. The Kier molecular flexibility index (Phi) is 24.8. The van der Waals surface area contributed by atoms with Crippen LogP contribution in [0, 0.1) is 0 Å². The van der Waals surface area contributed by atoms with Gasteiger partial charge in [0.15, 0.2) is 0 Å². The van der Waals surface area contributed by atoms with Gasteiger partial charge in [0.2, 0.25) is 0 Å². The molecule has 0 aromatic heterocycles. The molecule has 16 atom stereocenters. The van der Waals surface area contributed by atoms with Crippen molar-refractivity contribution in [2.75, 3.05) is 39.8 Å². The normalized spacial score (nSPS) is 36.7. The SMILES string of the molecule is [B][C@@H]1O[C@H](COC(C)C)[C@H](O)C1F.[B][C@@H]1O[C@H](COC(C)C)[C@H](OP(=O)(OC)SC[C@H]2O[C@@H]([B])C[C@H]2OC(C)C)C1F.[B][C@H]1C[C@@H](OC(C)C)[C@@H](COP(=O)([O-])OC)O1. The average molecular weight is 901 g/mol. The highest BCUT2D eigenvalue weighted by Gasteiger charge is 2.48. The lowest BCUT2D eigenvalue weighted by Crippen LogP contribution is -2.35. The summed E-state index contributed by atoms with van der Waals surface area (Å²) in [6.07, 6.45) is -7.31. The van der Waals surface area contributed by atoms with Crippen molar-refractivity contribution in [1.82, 2.24) is 0 Å². The van der Waals surface area contributed by atoms with Crippen molar-refractivity contribution < 1.29 is 83.9 Å². The van der Waals surface area contributed by atoms with Crippen molar-refractivity contribution in [3.8, 4) is 0 Å². The van der Waals surface area contributed by atoms with E-state index in [-0.39, 0.29) is 68.3 Å². The molecule has 4 aliphatic heterocycles. The fourth-order valence-corrected chi connectivity index (χ4v) is 9.55. The lowest BCUT2D eigenvalue weighted by atomic mass is 9.94. The predicted octanol–water partition coefficient (Wildman–Crippen LogP) is 2.79. The first-order valence-electron chi connectivity index (χ1n) is 19.5. The number of hydrogen-bond donors (Lipinski definition) is 1. The fourth-order valence-electron chi connectivity index (χ4n) is 5.91. The van der Waals surface area contributed by atoms with Gasteiger partial charge in [0, 0.05) is 32.0 Å². The molecule has 59 heavy (non-hydrogen) atoms. The van der Waals surface area contributed by atoms with Crippen LogP contribution in [0.3, 0.4) is 0 Å². The van der Waals surface area contributed by atoms with Gasteiger partial charge >= 0.3 is 6.80 Å². The first kappa shape index (κ1) is 55.5. The van der Waals surface area contributed by atoms with E-state index < -0.39 is 81.5 Å². The molecular weight excluding hydrogens is 840 g/mol. The number of rotatable bonds is 20. The summed E-state index contributed by atoms with van der Waals surface area (Å²) in [7, 11) is 20.5. The van der Waals surface area contributed by atoms with Crippen LogP contribution in [0.1, 0.15) is 68.2 Å². The van der Waals surface area contributed by atoms with Crippen molar-refractivity contribution in [2.45, 2.75) is 178 Å². The number of phosphoric ester groups is 1. The zero-order valence-electron chi connectivity index (χ0n) is 35.6. The molecule has 4 saturated heterocycles. The number of phosphoric acid groups is 1. The number of halogens is 2. The number of aliphatic hydroxyl groups excluding tert-OH is 1. The van der Waals surface area contributed by atoms with Crippen molar-refractivity contribution in [3.05, 3.63) is 0 Å². The summed E-state index contributed by atoms with van der Waals surface area (Å²) in [5.41, 5.74) is 0. The third-order valence-electron chi connectivity index (χ3n) is 8.71. The molecule has 0 aromatic carbocycles. The Balaban J connectivity index is 0.000000337. The van der Waals surface area contributed by atoms with E-state index in [1.165, 1.54) is 7.11 Å². The summed E-state index contributed by atoms with van der Waals surface area (Å²) < 4.78 is 115. The van der Waals surface area contributed by atoms with E-state index in [9.17, 15) is 27.9 Å². The van der Waals surface area contributed by atoms with E-state index in [2.05, 4.69) is 9.05 Å². The minimum absolute atomic E-state index is 0.00184. The number of ether oxygens (including phenoxy) is 8. The highest BCUT2D eigenvalue weighted by atomic mass is 32.7. The molecule has 0 aliphatic carbocycles. The van der Waals surface area contributed by atoms with E-state index in [4.69, 9.17) is 78.3 Å². The largest absolute Gasteiger partial charge is 0.756 e. The van der Waals surface area contributed by atoms with Gasteiger partial charge < -0.3 is 61.5 Å². The molecule has 16 nitrogen and oxygen atoms in total. The third-order valence-corrected chi connectivity index (χ3v) is 13.5. The highest BCUT2D eigenvalue weighted by molar-refractivity contribution is 8.55. The summed E-state index contributed by atoms with van der Waals surface area (Å²) in [5.74, 6) is 0.250. The molecule has 0 bridgehead atoms. The summed E-state index contributed by atoms with van der Waals surface area (Å²) in [4.78, 5) is 11.0. The number of aliphatic hydroxyl groups is 1. The van der Waals surface area contributed by atoms with Crippen LogP contribution in [0.4, 0.5) is 8.78 Å². The maximum atomic E-state index is 14.5. The molecule has 4 rings (SSSR count). The van der Waals surface area contributed by atoms with Crippen LogP contribution in [0.25, 0.3) is 0 Å². The molecule has 4 heterocycles. The lowest BCUT2D eigenvalue weighted by Gasteiger charge is -2.26. The summed E-state index contributed by atoms with van der Waals surface area (Å²) in [6.45, 7) is 11.4. The van der Waals surface area contributed by atoms with Crippen LogP contribution in [0.15, 0.2) is 0 Å². The third kappa shape index (κ3) is 19.6. The van der Waals surface area contributed by atoms with E-state index in [0.717, 1.165) is 18.5 Å². The molecule has 0 amide bonds. The van der Waals surface area contributed by atoms with Crippen LogP contribution in [0.5, 0.6) is 0 Å². The van der Waals surface area contributed by atoms with Crippen LogP contribution < -0.4 is 4.89 Å². The van der Waals surface area contributed by atoms with Crippen molar-refractivity contribution >= 4 is 57.4 Å². The summed E-state index contributed by atoms with van der Waals surface area (Å²) in [6, 6.07) is -3.13. The zero-order chi connectivity index (χ0) is 44.8. The van der Waals surface area contributed by atoms with Gasteiger partial charge in [0.05, 0.1) is 74.6 Å². The maximum absolute atomic E-state index is 14.5. The summed E-state index contributed by atoms with van der Waals surface area (Å²) in [5, 5.41) is 9.28. The molecule has 4 aliphatic rings. The van der Waals surface area contributed by atoms with Crippen LogP contribution >= 0.6 is 26.0 Å². The molecule has 25 heteroatoms. The van der Waals surface area contributed by atoms with Crippen LogP contribution in [-0.4, -0.2) is 186 Å². The van der Waals surface area contributed by atoms with E-state index in [1.807, 2.05) is 55.4 Å². The fraction of sp³-hybridized carbons (Fsp3) is 1.00. The minimum Gasteiger partial charge on any atom is -0.756 e. The van der Waals surface area contributed by atoms with Gasteiger partial charge in [0.25, 0.3) is 7.82 Å². The molecule has 0 spiro atoms. The predicted molar refractivity (Wildman–Crippen MR) is 217 cm³/mol. The monoisotopic (exact) mass is 901 g/mol. The molecule has 336 valence electrons. The lowest BCUT2D eigenvalue weighted by molar-refractivity contribution is -0.225. The molecule has 0 aromatic rings. The topological polar surface area (TPSA) is 188 Å². The Labute approximate surface area is 358 Å². The highest BCUT2D eigenvalue weighted by Crippen LogP contribution is 2.62. The Morgan fingerprint density at radius 2 is 1.17 bits per heavy atom. The molecular formula is C34H61B4F2O16P2S-. The molecule has 4 fully saturated rings.